The molecular formula is C4H4Li2O6. The van der Waals surface area contributed by atoms with Crippen LogP contribution in [-0.4, -0.2) is 34.4 Å². The van der Waals surface area contributed by atoms with Gasteiger partial charge < -0.3 is 30.0 Å². The SMILES string of the molecule is O=C([O-])[C@H](O)[C@@H](O)C(=O)[O-].[Li+].[Li+]. The van der Waals surface area contributed by atoms with Crippen molar-refractivity contribution in [3.05, 3.63) is 0 Å². The van der Waals surface area contributed by atoms with Crippen molar-refractivity contribution in [2.75, 3.05) is 0 Å². The number of hydrogen-bond donors (Lipinski definition) is 2. The molecule has 0 fully saturated rings. The molecule has 0 radical (unpaired) electrons. The number of carbonyl (C=O) groups is 2. The zero-order valence-electron chi connectivity index (χ0n) is 6.68. The maximum atomic E-state index is 9.63. The molecule has 0 aromatic heterocycles. The summed E-state index contributed by atoms with van der Waals surface area (Å²) in [5, 5.41) is 35.7. The molecule has 0 aliphatic heterocycles. The second-order valence-corrected chi connectivity index (χ2v) is 1.53. The van der Waals surface area contributed by atoms with Crippen LogP contribution in [0.3, 0.4) is 0 Å². The van der Waals surface area contributed by atoms with E-state index in [1.54, 1.807) is 0 Å². The van der Waals surface area contributed by atoms with E-state index in [1.165, 1.54) is 0 Å². The van der Waals surface area contributed by atoms with Crippen molar-refractivity contribution in [2.45, 2.75) is 12.2 Å². The second kappa shape index (κ2) is 7.69. The van der Waals surface area contributed by atoms with Gasteiger partial charge in [0.15, 0.2) is 0 Å². The van der Waals surface area contributed by atoms with E-state index < -0.39 is 24.1 Å². The van der Waals surface area contributed by atoms with E-state index in [4.69, 9.17) is 10.2 Å². The molecule has 0 unspecified atom stereocenters. The molecule has 0 bridgehead atoms. The summed E-state index contributed by atoms with van der Waals surface area (Å²) < 4.78 is 0. The number of carboxylic acids is 2. The maximum Gasteiger partial charge on any atom is 1.00 e. The number of carbonyl (C=O) groups excluding carboxylic acids is 2. The van der Waals surface area contributed by atoms with Gasteiger partial charge in [0.2, 0.25) is 0 Å². The van der Waals surface area contributed by atoms with Crippen molar-refractivity contribution in [1.29, 1.82) is 0 Å². The third kappa shape index (κ3) is 5.67. The number of rotatable bonds is 3. The average Bonchev–Trinajstić information content (AvgIpc) is 1.84. The Morgan fingerprint density at radius 1 is 0.917 bits per heavy atom. The molecule has 0 aromatic carbocycles. The van der Waals surface area contributed by atoms with Crippen molar-refractivity contribution < 1.29 is 67.7 Å². The third-order valence-corrected chi connectivity index (χ3v) is 0.782. The fourth-order valence-corrected chi connectivity index (χ4v) is 0.258. The molecule has 2 atom stereocenters. The van der Waals surface area contributed by atoms with E-state index in [-0.39, 0.29) is 37.7 Å². The molecule has 12 heavy (non-hydrogen) atoms. The summed E-state index contributed by atoms with van der Waals surface area (Å²) in [6, 6.07) is 0. The van der Waals surface area contributed by atoms with Crippen molar-refractivity contribution in [3.63, 3.8) is 0 Å². The minimum atomic E-state index is -2.44. The maximum absolute atomic E-state index is 9.63. The van der Waals surface area contributed by atoms with E-state index in [1.807, 2.05) is 0 Å². The number of carboxylic acid groups (broad SMARTS) is 2. The summed E-state index contributed by atoms with van der Waals surface area (Å²) in [5.74, 6) is -4.12. The van der Waals surface area contributed by atoms with Crippen LogP contribution in [0, 0.1) is 0 Å². The quantitative estimate of drug-likeness (QED) is 0.397. The average molecular weight is 162 g/mol. The van der Waals surface area contributed by atoms with E-state index >= 15 is 0 Å². The van der Waals surface area contributed by atoms with E-state index in [9.17, 15) is 19.8 Å². The molecule has 0 amide bonds. The van der Waals surface area contributed by atoms with Crippen molar-refractivity contribution in [2.24, 2.45) is 0 Å². The number of aliphatic hydroxyl groups excluding tert-OH is 2. The fraction of sp³-hybridized carbons (Fsp3) is 0.500. The van der Waals surface area contributed by atoms with Crippen LogP contribution in [-0.2, 0) is 9.59 Å². The summed E-state index contributed by atoms with van der Waals surface area (Å²) >= 11 is 0. The van der Waals surface area contributed by atoms with Gasteiger partial charge in [-0.05, 0) is 0 Å². The first kappa shape index (κ1) is 18.0. The van der Waals surface area contributed by atoms with Gasteiger partial charge in [0, 0.05) is 0 Å². The van der Waals surface area contributed by atoms with E-state index in [0.29, 0.717) is 0 Å². The second-order valence-electron chi connectivity index (χ2n) is 1.53. The molecule has 0 saturated heterocycles. The minimum absolute atomic E-state index is 0. The number of aliphatic carboxylic acids is 2. The van der Waals surface area contributed by atoms with Crippen LogP contribution in [0.2, 0.25) is 0 Å². The Labute approximate surface area is 91.9 Å². The molecule has 0 spiro atoms. The smallest absolute Gasteiger partial charge is 0.547 e. The van der Waals surface area contributed by atoms with Gasteiger partial charge in [0.25, 0.3) is 0 Å². The molecule has 2 N–H and O–H groups in total. The fourth-order valence-electron chi connectivity index (χ4n) is 0.258. The molecule has 0 saturated carbocycles. The van der Waals surface area contributed by atoms with Gasteiger partial charge in [0.05, 0.1) is 11.9 Å². The van der Waals surface area contributed by atoms with Crippen molar-refractivity contribution in [3.8, 4) is 0 Å². The van der Waals surface area contributed by atoms with Gasteiger partial charge in [-0.3, -0.25) is 0 Å². The first-order valence-corrected chi connectivity index (χ1v) is 2.24. The van der Waals surface area contributed by atoms with Crippen LogP contribution in [0.25, 0.3) is 0 Å². The Morgan fingerprint density at radius 2 is 1.08 bits per heavy atom. The molecule has 8 heteroatoms. The zero-order chi connectivity index (χ0) is 8.31. The molecule has 0 rings (SSSR count). The summed E-state index contributed by atoms with van der Waals surface area (Å²) in [5.41, 5.74) is 0. The van der Waals surface area contributed by atoms with Crippen LogP contribution >= 0.6 is 0 Å². The van der Waals surface area contributed by atoms with Gasteiger partial charge in [-0.1, -0.05) is 0 Å². The molecular weight excluding hydrogens is 158 g/mol. The minimum Gasteiger partial charge on any atom is -0.547 e. The Kier molecular flexibility index (Phi) is 11.5. The number of hydrogen-bond acceptors (Lipinski definition) is 6. The largest absolute Gasteiger partial charge is 1.00 e. The first-order valence-electron chi connectivity index (χ1n) is 2.24. The van der Waals surface area contributed by atoms with Gasteiger partial charge in [-0.25, -0.2) is 0 Å². The Morgan fingerprint density at radius 3 is 1.17 bits per heavy atom. The van der Waals surface area contributed by atoms with Crippen LogP contribution in [0.1, 0.15) is 0 Å². The van der Waals surface area contributed by atoms with Gasteiger partial charge >= 0.3 is 37.7 Å². The van der Waals surface area contributed by atoms with Crippen LogP contribution in [0.5, 0.6) is 0 Å². The Bertz CT molecular complexity index is 142. The predicted molar refractivity (Wildman–Crippen MR) is 22.0 cm³/mol. The summed E-state index contributed by atoms with van der Waals surface area (Å²) in [6.45, 7) is 0. The standard InChI is InChI=1S/C4H6O6.2Li/c5-1(3(7)8)2(6)4(9)10;;/h1-2,5-6H,(H,7,8)(H,9,10);;/q;2*+1/p-2/t1-,2-;;/m1../s1. The third-order valence-electron chi connectivity index (χ3n) is 0.782. The van der Waals surface area contributed by atoms with Crippen LogP contribution in [0.15, 0.2) is 0 Å². The topological polar surface area (TPSA) is 121 Å². The molecule has 58 valence electrons. The summed E-state index contributed by atoms with van der Waals surface area (Å²) in [6.07, 6.45) is -4.88. The molecule has 0 aliphatic rings. The van der Waals surface area contributed by atoms with Crippen LogP contribution < -0.4 is 47.9 Å². The monoisotopic (exact) mass is 162 g/mol. The summed E-state index contributed by atoms with van der Waals surface area (Å²) in [7, 11) is 0. The molecule has 0 heterocycles. The summed E-state index contributed by atoms with van der Waals surface area (Å²) in [4.78, 5) is 19.3. The molecule has 0 aromatic rings. The molecule has 0 aliphatic carbocycles. The Hall–Kier alpha value is 0.0548. The van der Waals surface area contributed by atoms with E-state index in [0.717, 1.165) is 0 Å². The van der Waals surface area contributed by atoms with E-state index in [2.05, 4.69) is 0 Å². The Balaban J connectivity index is -0.000000405. The number of aliphatic hydroxyl groups is 2. The molecule has 6 nitrogen and oxygen atoms in total. The van der Waals surface area contributed by atoms with Gasteiger partial charge in [0.1, 0.15) is 12.2 Å². The van der Waals surface area contributed by atoms with Gasteiger partial charge in [-0.15, -0.1) is 0 Å². The van der Waals surface area contributed by atoms with Crippen LogP contribution in [0.4, 0.5) is 0 Å². The van der Waals surface area contributed by atoms with Crippen molar-refractivity contribution >= 4 is 11.9 Å². The van der Waals surface area contributed by atoms with Crippen molar-refractivity contribution in [1.82, 2.24) is 0 Å². The normalized spacial score (nSPS) is 13.2. The van der Waals surface area contributed by atoms with Gasteiger partial charge in [-0.2, -0.15) is 0 Å². The zero-order valence-corrected chi connectivity index (χ0v) is 6.68. The first-order chi connectivity index (χ1) is 4.46. The predicted octanol–water partition coefficient (Wildman–Crippen LogP) is -10.8.